The van der Waals surface area contributed by atoms with E-state index in [0.717, 1.165) is 5.56 Å². The fraction of sp³-hybridized carbons (Fsp3) is 0.500. The van der Waals surface area contributed by atoms with Crippen LogP contribution in [0.25, 0.3) is 0 Å². The van der Waals surface area contributed by atoms with Crippen LogP contribution in [-0.4, -0.2) is 48.8 Å². The molecule has 2 amide bonds. The molecule has 22 heavy (non-hydrogen) atoms. The maximum atomic E-state index is 12.4. The maximum Gasteiger partial charge on any atom is 0.317 e. The molecule has 1 aliphatic rings. The van der Waals surface area contributed by atoms with E-state index in [0.29, 0.717) is 26.0 Å². The first-order valence-corrected chi connectivity index (χ1v) is 7.44. The second-order valence-corrected chi connectivity index (χ2v) is 5.49. The first-order valence-electron chi connectivity index (χ1n) is 7.44. The third-order valence-electron chi connectivity index (χ3n) is 3.89. The average molecular weight is 306 g/mol. The number of carbonyl (C=O) groups excluding carboxylic acids is 1. The molecule has 1 fully saturated rings. The van der Waals surface area contributed by atoms with Crippen LogP contribution < -0.4 is 5.32 Å². The second-order valence-electron chi connectivity index (χ2n) is 5.49. The van der Waals surface area contributed by atoms with Gasteiger partial charge in [-0.2, -0.15) is 0 Å². The van der Waals surface area contributed by atoms with E-state index in [-0.39, 0.29) is 18.6 Å². The number of nitrogens with zero attached hydrogens (tertiary/aromatic N) is 1. The van der Waals surface area contributed by atoms with Gasteiger partial charge < -0.3 is 20.1 Å². The van der Waals surface area contributed by atoms with Crippen molar-refractivity contribution in [2.45, 2.75) is 18.9 Å². The zero-order valence-electron chi connectivity index (χ0n) is 12.7. The van der Waals surface area contributed by atoms with E-state index in [2.05, 4.69) is 5.32 Å². The molecule has 2 rings (SSSR count). The van der Waals surface area contributed by atoms with Crippen molar-refractivity contribution in [3.05, 3.63) is 35.9 Å². The van der Waals surface area contributed by atoms with Crippen molar-refractivity contribution in [2.75, 3.05) is 26.8 Å². The first-order chi connectivity index (χ1) is 10.6. The number of benzene rings is 1. The Morgan fingerprint density at radius 2 is 2.14 bits per heavy atom. The third-order valence-corrected chi connectivity index (χ3v) is 3.89. The van der Waals surface area contributed by atoms with Gasteiger partial charge in [-0.15, -0.1) is 0 Å². The number of amides is 2. The first kappa shape index (κ1) is 16.3. The zero-order valence-corrected chi connectivity index (χ0v) is 12.7. The number of ether oxygens (including phenoxy) is 1. The number of piperidine rings is 1. The van der Waals surface area contributed by atoms with Gasteiger partial charge in [0.25, 0.3) is 0 Å². The Balaban J connectivity index is 2.00. The molecule has 0 saturated carbocycles. The van der Waals surface area contributed by atoms with Crippen LogP contribution in [0.15, 0.2) is 30.3 Å². The van der Waals surface area contributed by atoms with E-state index >= 15 is 0 Å². The molecule has 2 atom stereocenters. The third kappa shape index (κ3) is 4.21. The molecule has 2 N–H and O–H groups in total. The minimum Gasteiger partial charge on any atom is -0.481 e. The van der Waals surface area contributed by atoms with E-state index in [1.807, 2.05) is 30.3 Å². The van der Waals surface area contributed by atoms with Crippen molar-refractivity contribution in [2.24, 2.45) is 5.92 Å². The van der Waals surface area contributed by atoms with E-state index in [1.165, 1.54) is 0 Å². The number of carboxylic acids is 1. The Kier molecular flexibility index (Phi) is 5.77. The van der Waals surface area contributed by atoms with Crippen LogP contribution >= 0.6 is 0 Å². The highest BCUT2D eigenvalue weighted by atomic mass is 16.5. The van der Waals surface area contributed by atoms with Gasteiger partial charge in [-0.3, -0.25) is 4.79 Å². The molecule has 0 bridgehead atoms. The lowest BCUT2D eigenvalue weighted by atomic mass is 9.98. The van der Waals surface area contributed by atoms with Gasteiger partial charge in [-0.05, 0) is 18.4 Å². The number of nitrogens with one attached hydrogen (secondary N) is 1. The standard InChI is InChI=1S/C16H22N2O4/c1-22-11-14(12-6-3-2-4-7-12)17-16(21)18-9-5-8-13(10-18)15(19)20/h2-4,6-7,13-14H,5,8-11H2,1H3,(H,17,21)(H,19,20). The molecule has 120 valence electrons. The second kappa shape index (κ2) is 7.79. The molecule has 1 aromatic rings. The number of rotatable bonds is 5. The number of carboxylic acid groups (broad SMARTS) is 1. The largest absolute Gasteiger partial charge is 0.481 e. The fourth-order valence-electron chi connectivity index (χ4n) is 2.68. The molecule has 0 aromatic heterocycles. The van der Waals surface area contributed by atoms with Crippen molar-refractivity contribution in [3.63, 3.8) is 0 Å². The summed E-state index contributed by atoms with van der Waals surface area (Å²) in [6, 6.07) is 9.11. The summed E-state index contributed by atoms with van der Waals surface area (Å²) in [7, 11) is 1.59. The minimum absolute atomic E-state index is 0.239. The molecule has 6 heteroatoms. The zero-order chi connectivity index (χ0) is 15.9. The summed E-state index contributed by atoms with van der Waals surface area (Å²) in [6.45, 7) is 1.21. The summed E-state index contributed by atoms with van der Waals surface area (Å²) in [6.07, 6.45) is 1.34. The van der Waals surface area contributed by atoms with Gasteiger partial charge in [0.1, 0.15) is 0 Å². The number of hydrogen-bond donors (Lipinski definition) is 2. The van der Waals surface area contributed by atoms with E-state index < -0.39 is 11.9 Å². The highest BCUT2D eigenvalue weighted by Crippen LogP contribution is 2.18. The number of methoxy groups -OCH3 is 1. The Bertz CT molecular complexity index is 506. The van der Waals surface area contributed by atoms with Crippen LogP contribution in [0.2, 0.25) is 0 Å². The van der Waals surface area contributed by atoms with Gasteiger partial charge in [-0.25, -0.2) is 4.79 Å². The Hall–Kier alpha value is -2.08. The monoisotopic (exact) mass is 306 g/mol. The molecule has 0 radical (unpaired) electrons. The fourth-order valence-corrected chi connectivity index (χ4v) is 2.68. The van der Waals surface area contributed by atoms with E-state index in [9.17, 15) is 9.59 Å². The molecule has 6 nitrogen and oxygen atoms in total. The van der Waals surface area contributed by atoms with Crippen molar-refractivity contribution < 1.29 is 19.4 Å². The van der Waals surface area contributed by atoms with Gasteiger partial charge in [0.2, 0.25) is 0 Å². The summed E-state index contributed by atoms with van der Waals surface area (Å²) in [4.78, 5) is 25.1. The smallest absolute Gasteiger partial charge is 0.317 e. The van der Waals surface area contributed by atoms with Crippen molar-refractivity contribution >= 4 is 12.0 Å². The predicted octanol–water partition coefficient (Wildman–Crippen LogP) is 1.88. The number of aliphatic carboxylic acids is 1. The Labute approximate surface area is 130 Å². The quantitative estimate of drug-likeness (QED) is 0.870. The highest BCUT2D eigenvalue weighted by molar-refractivity contribution is 5.77. The van der Waals surface area contributed by atoms with Crippen LogP contribution in [0.3, 0.4) is 0 Å². The van der Waals surface area contributed by atoms with Gasteiger partial charge in [0.15, 0.2) is 0 Å². The van der Waals surface area contributed by atoms with Crippen LogP contribution in [-0.2, 0) is 9.53 Å². The number of likely N-dealkylation sites (tertiary alicyclic amines) is 1. The van der Waals surface area contributed by atoms with Crippen molar-refractivity contribution in [1.29, 1.82) is 0 Å². The van der Waals surface area contributed by atoms with Gasteiger partial charge in [0.05, 0.1) is 18.6 Å². The number of hydrogen-bond acceptors (Lipinski definition) is 3. The summed E-state index contributed by atoms with van der Waals surface area (Å²) >= 11 is 0. The van der Waals surface area contributed by atoms with Gasteiger partial charge in [0, 0.05) is 20.2 Å². The highest BCUT2D eigenvalue weighted by Gasteiger charge is 2.29. The summed E-state index contributed by atoms with van der Waals surface area (Å²) in [5, 5.41) is 12.0. The Morgan fingerprint density at radius 3 is 2.77 bits per heavy atom. The van der Waals surface area contributed by atoms with Crippen LogP contribution in [0.4, 0.5) is 4.79 Å². The summed E-state index contributed by atoms with van der Waals surface area (Å²) in [5.74, 6) is -1.31. The topological polar surface area (TPSA) is 78.9 Å². The number of carbonyl (C=O) groups is 2. The minimum atomic E-state index is -0.839. The number of urea groups is 1. The van der Waals surface area contributed by atoms with Gasteiger partial charge >= 0.3 is 12.0 Å². The van der Waals surface area contributed by atoms with E-state index in [4.69, 9.17) is 9.84 Å². The molecule has 1 aromatic carbocycles. The lowest BCUT2D eigenvalue weighted by Gasteiger charge is -2.32. The normalized spacial score (nSPS) is 19.5. The maximum absolute atomic E-state index is 12.4. The molecular weight excluding hydrogens is 284 g/mol. The molecule has 0 spiro atoms. The molecule has 1 saturated heterocycles. The molecule has 2 unspecified atom stereocenters. The molecule has 0 aliphatic carbocycles. The molecule has 1 aliphatic heterocycles. The molecule has 1 heterocycles. The van der Waals surface area contributed by atoms with Crippen LogP contribution in [0.5, 0.6) is 0 Å². The summed E-state index contributed by atoms with van der Waals surface area (Å²) in [5.41, 5.74) is 0.962. The predicted molar refractivity (Wildman–Crippen MR) is 81.5 cm³/mol. The van der Waals surface area contributed by atoms with Crippen molar-refractivity contribution in [3.8, 4) is 0 Å². The van der Waals surface area contributed by atoms with Crippen LogP contribution in [0.1, 0.15) is 24.4 Å². The van der Waals surface area contributed by atoms with E-state index in [1.54, 1.807) is 12.0 Å². The summed E-state index contributed by atoms with van der Waals surface area (Å²) < 4.78 is 5.18. The lowest BCUT2D eigenvalue weighted by molar-refractivity contribution is -0.143. The van der Waals surface area contributed by atoms with Gasteiger partial charge in [-0.1, -0.05) is 30.3 Å². The van der Waals surface area contributed by atoms with Crippen molar-refractivity contribution in [1.82, 2.24) is 10.2 Å². The average Bonchev–Trinajstić information content (AvgIpc) is 2.55. The Morgan fingerprint density at radius 1 is 1.41 bits per heavy atom. The van der Waals surface area contributed by atoms with Crippen LogP contribution in [0, 0.1) is 5.92 Å². The SMILES string of the molecule is COCC(NC(=O)N1CCCC(C(=O)O)C1)c1ccccc1. The lowest BCUT2D eigenvalue weighted by Crippen LogP contribution is -2.48. The molecular formula is C16H22N2O4.